The van der Waals surface area contributed by atoms with E-state index in [1.165, 1.54) is 18.9 Å². The van der Waals surface area contributed by atoms with Gasteiger partial charge in [0.1, 0.15) is 0 Å². The number of halogens is 2. The molecule has 21 heavy (non-hydrogen) atoms. The van der Waals surface area contributed by atoms with Gasteiger partial charge in [-0.2, -0.15) is 0 Å². The molecule has 1 aliphatic rings. The number of hydrogen-bond donors (Lipinski definition) is 1. The maximum atomic E-state index is 12.8. The molecule has 0 bridgehead atoms. The quantitative estimate of drug-likeness (QED) is 0.822. The van der Waals surface area contributed by atoms with Crippen LogP contribution < -0.4 is 5.32 Å². The minimum atomic E-state index is -2.38. The number of nitrogens with zero attached hydrogens (tertiary/aromatic N) is 1. The Hall–Kier alpha value is -1.00. The van der Waals surface area contributed by atoms with Crippen LogP contribution in [0.2, 0.25) is 0 Å². The van der Waals surface area contributed by atoms with Gasteiger partial charge in [0.05, 0.1) is 0 Å². The normalized spacial score (nSPS) is 19.4. The lowest BCUT2D eigenvalue weighted by Crippen LogP contribution is -2.38. The smallest absolute Gasteiger partial charge is 0.263 e. The Bertz CT molecular complexity index is 417. The Morgan fingerprint density at radius 3 is 2.90 bits per heavy atom. The van der Waals surface area contributed by atoms with Crippen LogP contribution in [0.15, 0.2) is 24.3 Å². The molecule has 1 unspecified atom stereocenters. The van der Waals surface area contributed by atoms with Crippen LogP contribution in [0.4, 0.5) is 8.78 Å². The van der Waals surface area contributed by atoms with E-state index in [-0.39, 0.29) is 5.56 Å². The van der Waals surface area contributed by atoms with E-state index < -0.39 is 6.43 Å². The number of piperidine rings is 1. The molecular weight excluding hydrogens is 270 g/mol. The maximum Gasteiger partial charge on any atom is 0.263 e. The average molecular weight is 296 g/mol. The molecule has 1 fully saturated rings. The lowest BCUT2D eigenvalue weighted by Gasteiger charge is -2.30. The van der Waals surface area contributed by atoms with Gasteiger partial charge in [-0.3, -0.25) is 4.90 Å². The molecule has 0 aromatic heterocycles. The third-order valence-electron chi connectivity index (χ3n) is 4.06. The second kappa shape index (κ2) is 8.44. The zero-order valence-corrected chi connectivity index (χ0v) is 12.8. The minimum Gasteiger partial charge on any atom is -0.316 e. The van der Waals surface area contributed by atoms with Gasteiger partial charge in [0.15, 0.2) is 0 Å². The highest BCUT2D eigenvalue weighted by atomic mass is 19.3. The largest absolute Gasteiger partial charge is 0.316 e. The van der Waals surface area contributed by atoms with Crippen LogP contribution in [-0.2, 0) is 6.54 Å². The molecule has 1 aromatic rings. The Morgan fingerprint density at radius 2 is 2.24 bits per heavy atom. The van der Waals surface area contributed by atoms with E-state index in [1.807, 2.05) is 6.07 Å². The molecule has 1 heterocycles. The van der Waals surface area contributed by atoms with Gasteiger partial charge in [-0.1, -0.05) is 25.1 Å². The number of benzene rings is 1. The summed E-state index contributed by atoms with van der Waals surface area (Å²) in [7, 11) is 0. The summed E-state index contributed by atoms with van der Waals surface area (Å²) in [6.45, 7) is 7.22. The number of rotatable bonds is 7. The number of nitrogens with one attached hydrogen (secondary N) is 1. The van der Waals surface area contributed by atoms with Crippen molar-refractivity contribution >= 4 is 0 Å². The molecule has 1 aromatic carbocycles. The summed E-state index contributed by atoms with van der Waals surface area (Å²) >= 11 is 0. The molecule has 1 aliphatic heterocycles. The van der Waals surface area contributed by atoms with E-state index in [0.717, 1.165) is 44.7 Å². The molecule has 0 saturated carbocycles. The molecule has 0 amide bonds. The summed E-state index contributed by atoms with van der Waals surface area (Å²) in [6, 6.07) is 6.84. The Balaban J connectivity index is 1.96. The predicted molar refractivity (Wildman–Crippen MR) is 82.6 cm³/mol. The van der Waals surface area contributed by atoms with Gasteiger partial charge in [0.25, 0.3) is 6.43 Å². The highest BCUT2D eigenvalue weighted by molar-refractivity contribution is 5.24. The zero-order valence-electron chi connectivity index (χ0n) is 12.8. The fourth-order valence-corrected chi connectivity index (χ4v) is 3.08. The van der Waals surface area contributed by atoms with E-state index in [4.69, 9.17) is 0 Å². The highest BCUT2D eigenvalue weighted by Gasteiger charge is 2.17. The molecule has 2 nitrogen and oxygen atoms in total. The summed E-state index contributed by atoms with van der Waals surface area (Å²) < 4.78 is 25.6. The van der Waals surface area contributed by atoms with Crippen molar-refractivity contribution in [1.29, 1.82) is 0 Å². The molecule has 1 atom stereocenters. The van der Waals surface area contributed by atoms with Crippen LogP contribution in [0.5, 0.6) is 0 Å². The topological polar surface area (TPSA) is 15.3 Å². The second-order valence-electron chi connectivity index (χ2n) is 5.99. The van der Waals surface area contributed by atoms with E-state index in [1.54, 1.807) is 12.1 Å². The van der Waals surface area contributed by atoms with Gasteiger partial charge < -0.3 is 5.32 Å². The van der Waals surface area contributed by atoms with Gasteiger partial charge in [-0.05, 0) is 56.4 Å². The Labute approximate surface area is 126 Å². The standard InChI is InChI=1S/C17H26F2N2/c1-2-9-21(13-15-6-4-8-20-11-15)12-14-5-3-7-16(10-14)17(18)19/h3,5,7,10,15,17,20H,2,4,6,8-9,11-13H2,1H3. The molecular formula is C17H26F2N2. The van der Waals surface area contributed by atoms with Crippen molar-refractivity contribution in [2.75, 3.05) is 26.2 Å². The summed E-state index contributed by atoms with van der Waals surface area (Å²) in [5, 5.41) is 3.44. The maximum absolute atomic E-state index is 12.8. The van der Waals surface area contributed by atoms with Crippen LogP contribution in [-0.4, -0.2) is 31.1 Å². The Kier molecular flexibility index (Phi) is 6.58. The van der Waals surface area contributed by atoms with Crippen LogP contribution in [0.3, 0.4) is 0 Å². The molecule has 0 spiro atoms. The van der Waals surface area contributed by atoms with Crippen molar-refractivity contribution in [3.63, 3.8) is 0 Å². The third-order valence-corrected chi connectivity index (χ3v) is 4.06. The summed E-state index contributed by atoms with van der Waals surface area (Å²) in [6.07, 6.45) is 1.22. The van der Waals surface area contributed by atoms with E-state index in [2.05, 4.69) is 17.1 Å². The molecule has 0 radical (unpaired) electrons. The first-order valence-corrected chi connectivity index (χ1v) is 7.99. The van der Waals surface area contributed by atoms with Crippen molar-refractivity contribution in [2.45, 2.75) is 39.2 Å². The lowest BCUT2D eigenvalue weighted by atomic mass is 9.98. The average Bonchev–Trinajstić information content (AvgIpc) is 2.49. The fraction of sp³-hybridized carbons (Fsp3) is 0.647. The predicted octanol–water partition coefficient (Wildman–Crippen LogP) is 3.84. The number of hydrogen-bond acceptors (Lipinski definition) is 2. The molecule has 2 rings (SSSR count). The molecule has 0 aliphatic carbocycles. The summed E-state index contributed by atoms with van der Waals surface area (Å²) in [5.74, 6) is 0.684. The first-order valence-electron chi connectivity index (χ1n) is 7.99. The van der Waals surface area contributed by atoms with Crippen LogP contribution >= 0.6 is 0 Å². The van der Waals surface area contributed by atoms with Gasteiger partial charge >= 0.3 is 0 Å². The van der Waals surface area contributed by atoms with Crippen molar-refractivity contribution in [2.24, 2.45) is 5.92 Å². The molecule has 1 saturated heterocycles. The Morgan fingerprint density at radius 1 is 1.38 bits per heavy atom. The second-order valence-corrected chi connectivity index (χ2v) is 5.99. The van der Waals surface area contributed by atoms with E-state index in [0.29, 0.717) is 5.92 Å². The van der Waals surface area contributed by atoms with Crippen molar-refractivity contribution in [1.82, 2.24) is 10.2 Å². The van der Waals surface area contributed by atoms with Gasteiger partial charge in [-0.25, -0.2) is 8.78 Å². The van der Waals surface area contributed by atoms with E-state index >= 15 is 0 Å². The molecule has 1 N–H and O–H groups in total. The van der Waals surface area contributed by atoms with Crippen molar-refractivity contribution < 1.29 is 8.78 Å². The monoisotopic (exact) mass is 296 g/mol. The highest BCUT2D eigenvalue weighted by Crippen LogP contribution is 2.21. The van der Waals surface area contributed by atoms with Crippen LogP contribution in [0.1, 0.15) is 43.7 Å². The zero-order chi connectivity index (χ0) is 15.1. The molecule has 4 heteroatoms. The lowest BCUT2D eigenvalue weighted by molar-refractivity contribution is 0.151. The minimum absolute atomic E-state index is 0.128. The third kappa shape index (κ3) is 5.36. The van der Waals surface area contributed by atoms with Crippen molar-refractivity contribution in [3.05, 3.63) is 35.4 Å². The first-order chi connectivity index (χ1) is 10.2. The van der Waals surface area contributed by atoms with Crippen LogP contribution in [0, 0.1) is 5.92 Å². The van der Waals surface area contributed by atoms with Gasteiger partial charge in [0.2, 0.25) is 0 Å². The first kappa shape index (κ1) is 16.4. The van der Waals surface area contributed by atoms with Gasteiger partial charge in [-0.15, -0.1) is 0 Å². The van der Waals surface area contributed by atoms with E-state index in [9.17, 15) is 8.78 Å². The summed E-state index contributed by atoms with van der Waals surface area (Å²) in [4.78, 5) is 2.41. The summed E-state index contributed by atoms with van der Waals surface area (Å²) in [5.41, 5.74) is 1.12. The van der Waals surface area contributed by atoms with Crippen LogP contribution in [0.25, 0.3) is 0 Å². The van der Waals surface area contributed by atoms with Gasteiger partial charge in [0, 0.05) is 18.7 Å². The van der Waals surface area contributed by atoms with Crippen molar-refractivity contribution in [3.8, 4) is 0 Å². The SMILES string of the molecule is CCCN(Cc1cccc(C(F)F)c1)CC1CCCNC1. The number of alkyl halides is 2. The fourth-order valence-electron chi connectivity index (χ4n) is 3.08. The molecule has 118 valence electrons.